The largest absolute Gasteiger partial charge is 0.508 e. The average molecular weight is 318 g/mol. The first kappa shape index (κ1) is 18.3. The second-order valence-electron chi connectivity index (χ2n) is 7.72. The fourth-order valence-corrected chi connectivity index (χ4v) is 4.24. The molecule has 23 heavy (non-hydrogen) atoms. The van der Waals surface area contributed by atoms with Crippen LogP contribution in [-0.2, 0) is 5.41 Å². The standard InChI is InChI=1S/C21H35NO/c1-5-7-8-13-22-16-17(3)21(4,15-19(22)10-6-2)18-11-9-12-20(23)14-18/h9,11-12,14,17,19,23H,5-8,10,13,15-16H2,1-4H3/t17-,19+,21+/m0/s1. The Morgan fingerprint density at radius 3 is 2.65 bits per heavy atom. The predicted octanol–water partition coefficient (Wildman–Crippen LogP) is 5.35. The van der Waals surface area contributed by atoms with Gasteiger partial charge in [0.1, 0.15) is 5.75 Å². The van der Waals surface area contributed by atoms with Crippen LogP contribution < -0.4 is 0 Å². The summed E-state index contributed by atoms with van der Waals surface area (Å²) in [4.78, 5) is 2.74. The third kappa shape index (κ3) is 4.29. The van der Waals surface area contributed by atoms with E-state index in [9.17, 15) is 5.11 Å². The Balaban J connectivity index is 2.17. The van der Waals surface area contributed by atoms with Gasteiger partial charge in [-0.1, -0.05) is 59.1 Å². The maximum Gasteiger partial charge on any atom is 0.115 e. The number of hydrogen-bond acceptors (Lipinski definition) is 2. The Kier molecular flexibility index (Phi) is 6.52. The van der Waals surface area contributed by atoms with Gasteiger partial charge in [-0.15, -0.1) is 0 Å². The number of aromatic hydroxyl groups is 1. The fourth-order valence-electron chi connectivity index (χ4n) is 4.24. The lowest BCUT2D eigenvalue weighted by molar-refractivity contribution is 0.0484. The van der Waals surface area contributed by atoms with E-state index in [0.29, 0.717) is 17.7 Å². The molecule has 0 bridgehead atoms. The van der Waals surface area contributed by atoms with E-state index in [1.165, 1.54) is 57.2 Å². The molecule has 1 saturated heterocycles. The lowest BCUT2D eigenvalue weighted by Gasteiger charge is -2.50. The second-order valence-corrected chi connectivity index (χ2v) is 7.72. The number of rotatable bonds is 7. The maximum absolute atomic E-state index is 9.90. The first-order chi connectivity index (χ1) is 11.0. The van der Waals surface area contributed by atoms with Gasteiger partial charge in [0, 0.05) is 12.6 Å². The monoisotopic (exact) mass is 317 g/mol. The highest BCUT2D eigenvalue weighted by atomic mass is 16.3. The van der Waals surface area contributed by atoms with Crippen LogP contribution >= 0.6 is 0 Å². The lowest BCUT2D eigenvalue weighted by Crippen LogP contribution is -2.53. The molecule has 0 radical (unpaired) electrons. The van der Waals surface area contributed by atoms with Crippen LogP contribution in [0.1, 0.15) is 71.8 Å². The van der Waals surface area contributed by atoms with E-state index < -0.39 is 0 Å². The van der Waals surface area contributed by atoms with Gasteiger partial charge >= 0.3 is 0 Å². The van der Waals surface area contributed by atoms with E-state index in [2.05, 4.69) is 38.7 Å². The zero-order valence-corrected chi connectivity index (χ0v) is 15.5. The Bertz CT molecular complexity index is 486. The molecule has 0 aliphatic carbocycles. The lowest BCUT2D eigenvalue weighted by atomic mass is 9.65. The van der Waals surface area contributed by atoms with Crippen molar-refractivity contribution in [1.82, 2.24) is 4.90 Å². The molecule has 0 unspecified atom stereocenters. The van der Waals surface area contributed by atoms with Gasteiger partial charge in [-0.3, -0.25) is 0 Å². The van der Waals surface area contributed by atoms with Crippen LogP contribution in [0.3, 0.4) is 0 Å². The topological polar surface area (TPSA) is 23.5 Å². The SMILES string of the molecule is CCCCCN1C[C@H](C)[C@](C)(c2cccc(O)c2)C[C@H]1CCC. The Hall–Kier alpha value is -1.02. The molecule has 0 saturated carbocycles. The molecular weight excluding hydrogens is 282 g/mol. The quantitative estimate of drug-likeness (QED) is 0.685. The summed E-state index contributed by atoms with van der Waals surface area (Å²) >= 11 is 0. The van der Waals surface area contributed by atoms with Crippen molar-refractivity contribution in [2.24, 2.45) is 5.92 Å². The molecule has 130 valence electrons. The van der Waals surface area contributed by atoms with Crippen LogP contribution in [0.15, 0.2) is 24.3 Å². The normalized spacial score (nSPS) is 28.9. The molecule has 1 N–H and O–H groups in total. The summed E-state index contributed by atoms with van der Waals surface area (Å²) in [6.07, 6.45) is 7.70. The van der Waals surface area contributed by atoms with Gasteiger partial charge in [0.05, 0.1) is 0 Å². The van der Waals surface area contributed by atoms with E-state index in [4.69, 9.17) is 0 Å². The van der Waals surface area contributed by atoms with Gasteiger partial charge in [0.25, 0.3) is 0 Å². The number of benzene rings is 1. The van der Waals surface area contributed by atoms with E-state index in [0.717, 1.165) is 0 Å². The van der Waals surface area contributed by atoms with Gasteiger partial charge in [-0.05, 0) is 54.8 Å². The van der Waals surface area contributed by atoms with Crippen LogP contribution in [0.5, 0.6) is 5.75 Å². The number of phenolic OH excluding ortho intramolecular Hbond substituents is 1. The zero-order chi connectivity index (χ0) is 16.9. The molecule has 1 fully saturated rings. The highest BCUT2D eigenvalue weighted by Crippen LogP contribution is 2.43. The summed E-state index contributed by atoms with van der Waals surface area (Å²) in [5.41, 5.74) is 1.47. The molecule has 1 aromatic rings. The van der Waals surface area contributed by atoms with Crippen LogP contribution in [0.4, 0.5) is 0 Å². The van der Waals surface area contributed by atoms with E-state index >= 15 is 0 Å². The van der Waals surface area contributed by atoms with Gasteiger partial charge in [0.2, 0.25) is 0 Å². The zero-order valence-electron chi connectivity index (χ0n) is 15.5. The molecule has 2 heteroatoms. The maximum atomic E-state index is 9.90. The Morgan fingerprint density at radius 2 is 2.00 bits per heavy atom. The third-order valence-corrected chi connectivity index (χ3v) is 5.95. The molecule has 2 rings (SSSR count). The second kappa shape index (κ2) is 8.19. The summed E-state index contributed by atoms with van der Waals surface area (Å²) in [6.45, 7) is 11.8. The minimum atomic E-state index is 0.167. The fraction of sp³-hybridized carbons (Fsp3) is 0.714. The van der Waals surface area contributed by atoms with Gasteiger partial charge in [-0.2, -0.15) is 0 Å². The smallest absolute Gasteiger partial charge is 0.115 e. The summed E-state index contributed by atoms with van der Waals surface area (Å²) in [5, 5.41) is 9.90. The molecular formula is C21H35NO. The summed E-state index contributed by atoms with van der Waals surface area (Å²) in [6, 6.07) is 8.63. The number of phenols is 1. The van der Waals surface area contributed by atoms with Crippen molar-refractivity contribution in [2.45, 2.75) is 77.7 Å². The van der Waals surface area contributed by atoms with Crippen LogP contribution in [-0.4, -0.2) is 29.1 Å². The Labute approximate surface area is 142 Å². The van der Waals surface area contributed by atoms with Gasteiger partial charge in [-0.25, -0.2) is 0 Å². The third-order valence-electron chi connectivity index (χ3n) is 5.95. The van der Waals surface area contributed by atoms with Crippen molar-refractivity contribution in [3.63, 3.8) is 0 Å². The first-order valence-corrected chi connectivity index (χ1v) is 9.54. The van der Waals surface area contributed by atoms with E-state index in [1.807, 2.05) is 12.1 Å². The minimum Gasteiger partial charge on any atom is -0.508 e. The van der Waals surface area contributed by atoms with Crippen LogP contribution in [0, 0.1) is 5.92 Å². The van der Waals surface area contributed by atoms with Crippen molar-refractivity contribution in [2.75, 3.05) is 13.1 Å². The van der Waals surface area contributed by atoms with Crippen molar-refractivity contribution in [3.05, 3.63) is 29.8 Å². The Morgan fingerprint density at radius 1 is 1.22 bits per heavy atom. The molecule has 1 aliphatic heterocycles. The van der Waals surface area contributed by atoms with Crippen molar-refractivity contribution in [3.8, 4) is 5.75 Å². The molecule has 1 heterocycles. The first-order valence-electron chi connectivity index (χ1n) is 9.54. The van der Waals surface area contributed by atoms with Crippen LogP contribution in [0.2, 0.25) is 0 Å². The van der Waals surface area contributed by atoms with Crippen LogP contribution in [0.25, 0.3) is 0 Å². The number of unbranched alkanes of at least 4 members (excludes halogenated alkanes) is 2. The molecule has 1 aliphatic rings. The highest BCUT2D eigenvalue weighted by molar-refractivity contribution is 5.34. The van der Waals surface area contributed by atoms with E-state index in [-0.39, 0.29) is 5.41 Å². The number of likely N-dealkylation sites (tertiary alicyclic amines) is 1. The molecule has 0 spiro atoms. The van der Waals surface area contributed by atoms with Crippen molar-refractivity contribution < 1.29 is 5.11 Å². The number of hydrogen-bond donors (Lipinski definition) is 1. The van der Waals surface area contributed by atoms with Gasteiger partial charge in [0.15, 0.2) is 0 Å². The number of piperidine rings is 1. The predicted molar refractivity (Wildman–Crippen MR) is 99.0 cm³/mol. The summed E-state index contributed by atoms with van der Waals surface area (Å²) in [7, 11) is 0. The average Bonchev–Trinajstić information content (AvgIpc) is 2.52. The summed E-state index contributed by atoms with van der Waals surface area (Å²) < 4.78 is 0. The number of nitrogens with zero attached hydrogens (tertiary/aromatic N) is 1. The van der Waals surface area contributed by atoms with Gasteiger partial charge < -0.3 is 10.0 Å². The molecule has 0 aromatic heterocycles. The van der Waals surface area contributed by atoms with E-state index in [1.54, 1.807) is 6.07 Å². The molecule has 1 aromatic carbocycles. The molecule has 0 amide bonds. The molecule has 2 nitrogen and oxygen atoms in total. The summed E-state index contributed by atoms with van der Waals surface area (Å²) in [5.74, 6) is 1.01. The van der Waals surface area contributed by atoms with Crippen molar-refractivity contribution in [1.29, 1.82) is 0 Å². The molecule has 3 atom stereocenters. The highest BCUT2D eigenvalue weighted by Gasteiger charge is 2.42. The van der Waals surface area contributed by atoms with Crippen molar-refractivity contribution >= 4 is 0 Å². The minimum absolute atomic E-state index is 0.167.